The van der Waals surface area contributed by atoms with Gasteiger partial charge >= 0.3 is 6.09 Å². The third-order valence-corrected chi connectivity index (χ3v) is 7.03. The normalized spacial score (nSPS) is 18.5. The molecule has 1 aliphatic carbocycles. The lowest BCUT2D eigenvalue weighted by molar-refractivity contribution is -0.0174. The molecule has 1 aromatic rings. The summed E-state index contributed by atoms with van der Waals surface area (Å²) in [7, 11) is -2.35. The molecule has 1 saturated carbocycles. The Morgan fingerprint density at radius 2 is 1.81 bits per heavy atom. The van der Waals surface area contributed by atoms with Crippen molar-refractivity contribution in [2.24, 2.45) is 0 Å². The number of nitrogens with one attached hydrogen (secondary N) is 1. The standard InChI is InChI=1S/C18H28N2O5S/c1-14-6-8-16(9-7-14)26(24,25)20(2)15(13-19-17(21)22)12-18(23)10-4-3-5-11-18/h6-9,15,19,23H,3-5,10-13H2,1-2H3,(H,21,22). The molecule has 0 heterocycles. The van der Waals surface area contributed by atoms with Gasteiger partial charge in [-0.3, -0.25) is 0 Å². The van der Waals surface area contributed by atoms with Crippen molar-refractivity contribution in [3.63, 3.8) is 0 Å². The number of carboxylic acid groups (broad SMARTS) is 1. The highest BCUT2D eigenvalue weighted by molar-refractivity contribution is 7.89. The maximum atomic E-state index is 12.9. The van der Waals surface area contributed by atoms with Crippen LogP contribution in [-0.4, -0.2) is 54.3 Å². The third kappa shape index (κ3) is 5.18. The van der Waals surface area contributed by atoms with Crippen molar-refractivity contribution >= 4 is 16.1 Å². The Labute approximate surface area is 155 Å². The first-order valence-electron chi connectivity index (χ1n) is 8.88. The summed E-state index contributed by atoms with van der Waals surface area (Å²) in [4.78, 5) is 11.1. The van der Waals surface area contributed by atoms with Crippen LogP contribution < -0.4 is 5.32 Å². The highest BCUT2D eigenvalue weighted by Gasteiger charge is 2.37. The second kappa shape index (κ2) is 8.37. The zero-order valence-corrected chi connectivity index (χ0v) is 16.1. The smallest absolute Gasteiger partial charge is 0.404 e. The molecular formula is C18H28N2O5S. The van der Waals surface area contributed by atoms with E-state index in [2.05, 4.69) is 5.32 Å². The molecule has 0 saturated heterocycles. The molecule has 0 aromatic heterocycles. The fraction of sp³-hybridized carbons (Fsp3) is 0.611. The van der Waals surface area contributed by atoms with E-state index in [-0.39, 0.29) is 17.9 Å². The molecule has 1 aromatic carbocycles. The number of rotatable bonds is 7. The van der Waals surface area contributed by atoms with E-state index in [0.29, 0.717) is 12.8 Å². The molecule has 1 aliphatic rings. The van der Waals surface area contributed by atoms with Gasteiger partial charge in [0, 0.05) is 19.6 Å². The maximum absolute atomic E-state index is 12.9. The van der Waals surface area contributed by atoms with E-state index in [4.69, 9.17) is 5.11 Å². The highest BCUT2D eigenvalue weighted by atomic mass is 32.2. The lowest BCUT2D eigenvalue weighted by Crippen LogP contribution is -2.49. The molecule has 2 rings (SSSR count). The molecule has 26 heavy (non-hydrogen) atoms. The van der Waals surface area contributed by atoms with Crippen LogP contribution in [0.1, 0.15) is 44.1 Å². The number of sulfonamides is 1. The summed E-state index contributed by atoms with van der Waals surface area (Å²) in [6, 6.07) is 5.86. The summed E-state index contributed by atoms with van der Waals surface area (Å²) in [5.41, 5.74) is -0.00705. The molecule has 7 nitrogen and oxygen atoms in total. The van der Waals surface area contributed by atoms with E-state index in [1.165, 1.54) is 23.5 Å². The van der Waals surface area contributed by atoms with Crippen LogP contribution in [0, 0.1) is 6.92 Å². The van der Waals surface area contributed by atoms with Crippen molar-refractivity contribution in [3.05, 3.63) is 29.8 Å². The van der Waals surface area contributed by atoms with Crippen molar-refractivity contribution < 1.29 is 23.4 Å². The topological polar surface area (TPSA) is 107 Å². The van der Waals surface area contributed by atoms with Crippen LogP contribution in [0.15, 0.2) is 29.2 Å². The van der Waals surface area contributed by atoms with Crippen molar-refractivity contribution in [2.45, 2.75) is 62.0 Å². The van der Waals surface area contributed by atoms with Crippen LogP contribution >= 0.6 is 0 Å². The van der Waals surface area contributed by atoms with Gasteiger partial charge in [0.25, 0.3) is 0 Å². The number of likely N-dealkylation sites (N-methyl/N-ethyl adjacent to an activating group) is 1. The van der Waals surface area contributed by atoms with Gasteiger partial charge in [-0.1, -0.05) is 37.0 Å². The van der Waals surface area contributed by atoms with Crippen LogP contribution in [-0.2, 0) is 10.0 Å². The molecule has 1 atom stereocenters. The third-order valence-electron chi connectivity index (χ3n) is 5.10. The van der Waals surface area contributed by atoms with Crippen LogP contribution in [0.25, 0.3) is 0 Å². The lowest BCUT2D eigenvalue weighted by Gasteiger charge is -2.38. The van der Waals surface area contributed by atoms with Gasteiger partial charge in [0.2, 0.25) is 10.0 Å². The number of hydrogen-bond acceptors (Lipinski definition) is 4. The minimum atomic E-state index is -3.79. The number of carbonyl (C=O) groups is 1. The van der Waals surface area contributed by atoms with Crippen LogP contribution in [0.3, 0.4) is 0 Å². The Hall–Kier alpha value is -1.64. The zero-order chi connectivity index (χ0) is 19.4. The Morgan fingerprint density at radius 1 is 1.23 bits per heavy atom. The van der Waals surface area contributed by atoms with Crippen LogP contribution in [0.5, 0.6) is 0 Å². The summed E-state index contributed by atoms with van der Waals surface area (Å²) in [6.45, 7) is 1.80. The fourth-order valence-corrected chi connectivity index (χ4v) is 4.81. The Balaban J connectivity index is 2.24. The number of aryl methyl sites for hydroxylation is 1. The van der Waals surface area contributed by atoms with Gasteiger partial charge in [0.05, 0.1) is 10.5 Å². The molecule has 8 heteroatoms. The molecule has 0 spiro atoms. The Morgan fingerprint density at radius 3 is 2.35 bits per heavy atom. The Bertz CT molecular complexity index is 712. The zero-order valence-electron chi connectivity index (χ0n) is 15.3. The summed E-state index contributed by atoms with van der Waals surface area (Å²) in [6.07, 6.45) is 3.04. The lowest BCUT2D eigenvalue weighted by atomic mass is 9.80. The molecule has 1 amide bonds. The predicted octanol–water partition coefficient (Wildman–Crippen LogP) is 2.34. The van der Waals surface area contributed by atoms with E-state index < -0.39 is 27.8 Å². The monoisotopic (exact) mass is 384 g/mol. The van der Waals surface area contributed by atoms with Gasteiger partial charge in [-0.05, 0) is 38.3 Å². The molecule has 0 radical (unpaired) electrons. The number of hydrogen-bond donors (Lipinski definition) is 3. The van der Waals surface area contributed by atoms with Crippen molar-refractivity contribution in [1.29, 1.82) is 0 Å². The van der Waals surface area contributed by atoms with Gasteiger partial charge in [0.1, 0.15) is 0 Å². The Kier molecular flexibility index (Phi) is 6.65. The van der Waals surface area contributed by atoms with E-state index in [9.17, 15) is 18.3 Å². The molecule has 1 unspecified atom stereocenters. The van der Waals surface area contributed by atoms with Gasteiger partial charge in [0.15, 0.2) is 0 Å². The van der Waals surface area contributed by atoms with Crippen molar-refractivity contribution in [3.8, 4) is 0 Å². The second-order valence-electron chi connectivity index (χ2n) is 7.16. The van der Waals surface area contributed by atoms with Crippen molar-refractivity contribution in [2.75, 3.05) is 13.6 Å². The summed E-state index contributed by atoms with van der Waals surface area (Å²) in [5.74, 6) is 0. The first-order chi connectivity index (χ1) is 12.1. The first-order valence-corrected chi connectivity index (χ1v) is 10.3. The predicted molar refractivity (Wildman–Crippen MR) is 98.6 cm³/mol. The van der Waals surface area contributed by atoms with Gasteiger partial charge < -0.3 is 15.5 Å². The van der Waals surface area contributed by atoms with Gasteiger partial charge in [-0.15, -0.1) is 0 Å². The highest BCUT2D eigenvalue weighted by Crippen LogP contribution is 2.33. The molecule has 146 valence electrons. The molecule has 0 aliphatic heterocycles. The van der Waals surface area contributed by atoms with E-state index in [1.807, 2.05) is 6.92 Å². The minimum absolute atomic E-state index is 0.0702. The summed E-state index contributed by atoms with van der Waals surface area (Å²) in [5, 5.41) is 22.0. The molecule has 1 fully saturated rings. The number of amides is 1. The summed E-state index contributed by atoms with van der Waals surface area (Å²) < 4.78 is 27.1. The molecular weight excluding hydrogens is 356 g/mol. The van der Waals surface area contributed by atoms with Crippen LogP contribution in [0.2, 0.25) is 0 Å². The van der Waals surface area contributed by atoms with Gasteiger partial charge in [-0.25, -0.2) is 13.2 Å². The number of aliphatic hydroxyl groups is 1. The average molecular weight is 384 g/mol. The minimum Gasteiger partial charge on any atom is -0.465 e. The number of benzene rings is 1. The summed E-state index contributed by atoms with van der Waals surface area (Å²) >= 11 is 0. The molecule has 0 bridgehead atoms. The van der Waals surface area contributed by atoms with Crippen molar-refractivity contribution in [1.82, 2.24) is 9.62 Å². The quantitative estimate of drug-likeness (QED) is 0.669. The second-order valence-corrected chi connectivity index (χ2v) is 9.16. The molecule has 3 N–H and O–H groups in total. The first kappa shape index (κ1) is 20.7. The van der Waals surface area contributed by atoms with Gasteiger partial charge in [-0.2, -0.15) is 4.31 Å². The maximum Gasteiger partial charge on any atom is 0.404 e. The van der Waals surface area contributed by atoms with E-state index in [0.717, 1.165) is 24.8 Å². The SMILES string of the molecule is Cc1ccc(S(=O)(=O)N(C)C(CNC(=O)O)CC2(O)CCCCC2)cc1. The average Bonchev–Trinajstić information content (AvgIpc) is 2.58. The van der Waals surface area contributed by atoms with E-state index in [1.54, 1.807) is 12.1 Å². The van der Waals surface area contributed by atoms with Crippen LogP contribution in [0.4, 0.5) is 4.79 Å². The van der Waals surface area contributed by atoms with E-state index >= 15 is 0 Å². The number of nitrogens with zero attached hydrogens (tertiary/aromatic N) is 1. The largest absolute Gasteiger partial charge is 0.465 e. The fourth-order valence-electron chi connectivity index (χ4n) is 3.46.